The van der Waals surface area contributed by atoms with E-state index < -0.39 is 11.7 Å². The van der Waals surface area contributed by atoms with Crippen molar-refractivity contribution < 1.29 is 19.7 Å². The quantitative estimate of drug-likeness (QED) is 0.274. The zero-order valence-electron chi connectivity index (χ0n) is 22.8. The fourth-order valence-electron chi connectivity index (χ4n) is 6.23. The topological polar surface area (TPSA) is 94.1 Å². The summed E-state index contributed by atoms with van der Waals surface area (Å²) >= 11 is 6.31. The Balaban J connectivity index is 1.71. The lowest BCUT2D eigenvalue weighted by molar-refractivity contribution is -0.0566. The van der Waals surface area contributed by atoms with Crippen LogP contribution in [0.4, 0.5) is 4.79 Å². The van der Waals surface area contributed by atoms with Crippen molar-refractivity contribution in [1.29, 1.82) is 0 Å². The molecule has 1 saturated carbocycles. The van der Waals surface area contributed by atoms with Crippen LogP contribution >= 0.6 is 11.6 Å². The number of halogens is 1. The number of carbonyl (C=O) groups excluding carboxylic acids is 1. The van der Waals surface area contributed by atoms with Crippen LogP contribution in [0.25, 0.3) is 0 Å². The number of carbonyl (C=O) groups is 1. The van der Waals surface area contributed by atoms with Gasteiger partial charge in [0, 0.05) is 44.3 Å². The zero-order chi connectivity index (χ0) is 26.7. The molecule has 0 spiro atoms. The number of unbranched alkanes of at least 4 members (excludes halogenated alkanes) is 1. The Labute approximate surface area is 228 Å². The Bertz CT molecular complexity index is 822. The van der Waals surface area contributed by atoms with Gasteiger partial charge in [0.05, 0.1) is 17.7 Å². The summed E-state index contributed by atoms with van der Waals surface area (Å²) in [5.74, 6) is 0.437. The number of hydrogen-bond acceptors (Lipinski definition) is 5. The molecule has 0 unspecified atom stereocenters. The fourth-order valence-corrected chi connectivity index (χ4v) is 6.42. The van der Waals surface area contributed by atoms with Crippen LogP contribution in [0.5, 0.6) is 0 Å². The second kappa shape index (κ2) is 15.3. The largest absolute Gasteiger partial charge is 0.390 e. The van der Waals surface area contributed by atoms with E-state index in [1.54, 1.807) is 7.11 Å². The molecule has 0 bridgehead atoms. The van der Waals surface area contributed by atoms with Gasteiger partial charge in [0.2, 0.25) is 0 Å². The van der Waals surface area contributed by atoms with Crippen molar-refractivity contribution in [1.82, 2.24) is 15.5 Å². The molecule has 1 aliphatic carbocycles. The third kappa shape index (κ3) is 8.82. The molecular formula is C29H48ClN3O4. The molecule has 4 N–H and O–H groups in total. The van der Waals surface area contributed by atoms with Crippen molar-refractivity contribution >= 4 is 17.6 Å². The van der Waals surface area contributed by atoms with Gasteiger partial charge < -0.3 is 30.5 Å². The molecule has 4 atom stereocenters. The van der Waals surface area contributed by atoms with Crippen molar-refractivity contribution in [2.45, 2.75) is 88.4 Å². The van der Waals surface area contributed by atoms with E-state index in [9.17, 15) is 15.0 Å². The van der Waals surface area contributed by atoms with Crippen LogP contribution in [-0.2, 0) is 10.3 Å². The van der Waals surface area contributed by atoms with Crippen molar-refractivity contribution in [2.75, 3.05) is 40.4 Å². The Kier molecular flexibility index (Phi) is 12.5. The molecule has 3 rings (SSSR count). The number of likely N-dealkylation sites (N-methyl/N-ethyl adjacent to an activating group) is 1. The molecule has 0 radical (unpaired) electrons. The van der Waals surface area contributed by atoms with E-state index >= 15 is 0 Å². The van der Waals surface area contributed by atoms with Crippen LogP contribution in [0.1, 0.15) is 76.2 Å². The van der Waals surface area contributed by atoms with Gasteiger partial charge in [-0.1, -0.05) is 55.8 Å². The zero-order valence-corrected chi connectivity index (χ0v) is 23.5. The summed E-state index contributed by atoms with van der Waals surface area (Å²) in [5.41, 5.74) is -0.269. The van der Waals surface area contributed by atoms with Crippen molar-refractivity contribution in [2.24, 2.45) is 11.8 Å². The molecule has 2 amide bonds. The van der Waals surface area contributed by atoms with Crippen molar-refractivity contribution in [3.05, 3.63) is 34.9 Å². The maximum atomic E-state index is 13.5. The smallest absolute Gasteiger partial charge is 0.317 e. The second-order valence-corrected chi connectivity index (χ2v) is 11.5. The molecule has 1 heterocycles. The molecule has 2 fully saturated rings. The maximum absolute atomic E-state index is 13.5. The molecule has 7 nitrogen and oxygen atoms in total. The van der Waals surface area contributed by atoms with Gasteiger partial charge in [0.25, 0.3) is 0 Å². The van der Waals surface area contributed by atoms with Gasteiger partial charge in [0.15, 0.2) is 0 Å². The molecule has 1 saturated heterocycles. The van der Waals surface area contributed by atoms with Crippen LogP contribution in [0.15, 0.2) is 24.3 Å². The number of benzene rings is 1. The molecule has 210 valence electrons. The monoisotopic (exact) mass is 537 g/mol. The molecule has 8 heteroatoms. The number of rotatable bonds is 13. The Morgan fingerprint density at radius 3 is 2.70 bits per heavy atom. The first-order valence-electron chi connectivity index (χ1n) is 14.2. The second-order valence-electron chi connectivity index (χ2n) is 11.1. The maximum Gasteiger partial charge on any atom is 0.317 e. The van der Waals surface area contributed by atoms with Gasteiger partial charge in [-0.15, -0.1) is 0 Å². The standard InChI is InChI=1S/C29H48ClN3O4/c1-31-20-27(34)26(18-22-10-4-3-5-11-22)32-28(35)33-16-9-13-24(21-33)29(36,15-6-7-17-37-2)23-12-8-14-25(30)19-23/h8,12,14,19,22,24,26-27,31,34,36H,3-7,9-11,13,15-18,20-21H2,1-2H3,(H,32,35)/t24-,26+,27+,29-/m1/s1. The minimum Gasteiger partial charge on any atom is -0.390 e. The summed E-state index contributed by atoms with van der Waals surface area (Å²) in [4.78, 5) is 15.3. The third-order valence-corrected chi connectivity index (χ3v) is 8.60. The predicted molar refractivity (Wildman–Crippen MR) is 149 cm³/mol. The number of amides is 2. The van der Waals surface area contributed by atoms with E-state index in [1.807, 2.05) is 36.2 Å². The van der Waals surface area contributed by atoms with Gasteiger partial charge in [-0.2, -0.15) is 0 Å². The van der Waals surface area contributed by atoms with Gasteiger partial charge in [-0.3, -0.25) is 0 Å². The van der Waals surface area contributed by atoms with E-state index in [0.717, 1.165) is 37.7 Å². The molecule has 1 aromatic rings. The minimum absolute atomic E-state index is 0.105. The summed E-state index contributed by atoms with van der Waals surface area (Å²) in [6.07, 6.45) is 10.2. The highest BCUT2D eigenvalue weighted by Gasteiger charge is 2.41. The number of nitrogens with one attached hydrogen (secondary N) is 2. The van der Waals surface area contributed by atoms with E-state index in [2.05, 4.69) is 10.6 Å². The lowest BCUT2D eigenvalue weighted by Crippen LogP contribution is -2.55. The highest BCUT2D eigenvalue weighted by Crippen LogP contribution is 2.40. The molecule has 1 aromatic carbocycles. The fraction of sp³-hybridized carbons (Fsp3) is 0.759. The minimum atomic E-state index is -1.08. The number of nitrogens with zero attached hydrogens (tertiary/aromatic N) is 1. The van der Waals surface area contributed by atoms with Gasteiger partial charge in [0.1, 0.15) is 0 Å². The van der Waals surface area contributed by atoms with Gasteiger partial charge in [-0.05, 0) is 69.2 Å². The first-order valence-corrected chi connectivity index (χ1v) is 14.6. The normalized spacial score (nSPS) is 22.3. The molecule has 37 heavy (non-hydrogen) atoms. The summed E-state index contributed by atoms with van der Waals surface area (Å²) in [6.45, 7) is 2.21. The summed E-state index contributed by atoms with van der Waals surface area (Å²) in [5, 5.41) is 29.7. The summed E-state index contributed by atoms with van der Waals surface area (Å²) in [7, 11) is 3.51. The number of ether oxygens (including phenoxy) is 1. The highest BCUT2D eigenvalue weighted by atomic mass is 35.5. The molecule has 2 aliphatic rings. The van der Waals surface area contributed by atoms with Crippen LogP contribution in [0.3, 0.4) is 0 Å². The number of methoxy groups -OCH3 is 1. The predicted octanol–water partition coefficient (Wildman–Crippen LogP) is 4.69. The van der Waals surface area contributed by atoms with E-state index in [4.69, 9.17) is 16.3 Å². The van der Waals surface area contributed by atoms with Crippen molar-refractivity contribution in [3.8, 4) is 0 Å². The molecule has 1 aliphatic heterocycles. The first-order chi connectivity index (χ1) is 17.9. The van der Waals surface area contributed by atoms with Crippen molar-refractivity contribution in [3.63, 3.8) is 0 Å². The first kappa shape index (κ1) is 30.2. The number of aliphatic hydroxyl groups excluding tert-OH is 1. The van der Waals surface area contributed by atoms with E-state index in [-0.39, 0.29) is 18.0 Å². The average molecular weight is 538 g/mol. The third-order valence-electron chi connectivity index (χ3n) is 8.36. The van der Waals surface area contributed by atoms with Crippen LogP contribution in [0, 0.1) is 11.8 Å². The Morgan fingerprint density at radius 1 is 1.22 bits per heavy atom. The molecule has 0 aromatic heterocycles. The van der Waals surface area contributed by atoms with Gasteiger partial charge >= 0.3 is 6.03 Å². The van der Waals surface area contributed by atoms with Crippen LogP contribution in [-0.4, -0.2) is 73.7 Å². The Hall–Kier alpha value is -1.38. The molecular weight excluding hydrogens is 490 g/mol. The highest BCUT2D eigenvalue weighted by molar-refractivity contribution is 6.30. The number of likely N-dealkylation sites (tertiary alicyclic amines) is 1. The van der Waals surface area contributed by atoms with Crippen LogP contribution < -0.4 is 10.6 Å². The number of urea groups is 1. The SMILES string of the molecule is CNC[C@H](O)[C@H](CC1CCCCC1)NC(=O)N1CCC[C@@H]([C@@](O)(CCCCOC)c2cccc(Cl)c2)C1. The lowest BCUT2D eigenvalue weighted by atomic mass is 9.74. The van der Waals surface area contributed by atoms with E-state index in [0.29, 0.717) is 43.6 Å². The number of aliphatic hydroxyl groups is 2. The number of hydrogen-bond donors (Lipinski definition) is 4. The average Bonchev–Trinajstić information content (AvgIpc) is 2.91. The van der Waals surface area contributed by atoms with Gasteiger partial charge in [-0.25, -0.2) is 4.79 Å². The van der Waals surface area contributed by atoms with Crippen LogP contribution in [0.2, 0.25) is 5.02 Å². The Morgan fingerprint density at radius 2 is 2.00 bits per heavy atom. The summed E-state index contributed by atoms with van der Waals surface area (Å²) in [6, 6.07) is 7.06. The summed E-state index contributed by atoms with van der Waals surface area (Å²) < 4.78 is 5.21. The number of piperidine rings is 1. The van der Waals surface area contributed by atoms with E-state index in [1.165, 1.54) is 32.1 Å². The lowest BCUT2D eigenvalue weighted by Gasteiger charge is -2.43.